The fourth-order valence-electron chi connectivity index (χ4n) is 9.57. The number of Topliss-reactive ketones (excluding diaryl/α,β-unsaturated/α-hetero) is 1. The van der Waals surface area contributed by atoms with Crippen LogP contribution in [0, 0.1) is 23.7 Å². The van der Waals surface area contributed by atoms with E-state index in [1.807, 2.05) is 77.1 Å². The second-order valence-corrected chi connectivity index (χ2v) is 16.3. The molecule has 4 fully saturated rings. The first kappa shape index (κ1) is 34.9. The van der Waals surface area contributed by atoms with Crippen LogP contribution in [0.5, 0.6) is 11.5 Å². The molecule has 2 aromatic rings. The standard InChI is InChI=1S/C41H50O9/c1-24(2)39-20-26(4)41-30(36(39)48-40(49-39,50-41)22-27-12-10-9-11-13-27)17-29(21-38(44)33(41)16-25(3)35(38)43)23-46-34(42)19-28-14-15-31(32(18-28)45-8)47-37(5,6)7/h9-15,17-18,25-26,30,33,36,44H,1,16,19-23H2,2-8H3/t25?,26-,30+,33-,36-,38-,39-,40-,41-/m1/s1. The lowest BCUT2D eigenvalue weighted by atomic mass is 9.54. The van der Waals surface area contributed by atoms with Gasteiger partial charge in [-0.1, -0.05) is 62.9 Å². The number of methoxy groups -OCH3 is 1. The topological polar surface area (TPSA) is 110 Å². The summed E-state index contributed by atoms with van der Waals surface area (Å²) in [4.78, 5) is 27.2. The fraction of sp³-hybridized carbons (Fsp3) is 0.561. The molecule has 50 heavy (non-hydrogen) atoms. The molecule has 9 nitrogen and oxygen atoms in total. The van der Waals surface area contributed by atoms with E-state index in [2.05, 4.69) is 13.5 Å². The molecule has 268 valence electrons. The lowest BCUT2D eigenvalue weighted by molar-refractivity contribution is -0.424. The Labute approximate surface area is 294 Å². The summed E-state index contributed by atoms with van der Waals surface area (Å²) in [5.74, 6) is -2.34. The lowest BCUT2D eigenvalue weighted by Crippen LogP contribution is -2.70. The molecule has 2 aliphatic heterocycles. The minimum absolute atomic E-state index is 0.0101. The molecule has 3 bridgehead atoms. The smallest absolute Gasteiger partial charge is 0.310 e. The molecule has 1 N–H and O–H groups in total. The van der Waals surface area contributed by atoms with Gasteiger partial charge in [-0.2, -0.15) is 0 Å². The molecule has 3 aliphatic carbocycles. The van der Waals surface area contributed by atoms with Crippen molar-refractivity contribution in [3.05, 3.63) is 83.5 Å². The molecule has 0 amide bonds. The second-order valence-electron chi connectivity index (χ2n) is 16.3. The van der Waals surface area contributed by atoms with Gasteiger partial charge < -0.3 is 33.5 Å². The SMILES string of the molecule is C=C(C)[C@]12C[C@@H](C)[C@@]34O[C@](Cc5ccccc5)(O[C@@H]1[C@@H]3C=C(COC(=O)Cc1ccc(OC(C)(C)C)c(OC)c1)C[C@]1(O)C(=O)C(C)C[C@@H]41)O2. The molecule has 9 heteroatoms. The number of fused-ring (bicyclic) bond motifs is 2. The van der Waals surface area contributed by atoms with Gasteiger partial charge in [0.05, 0.1) is 25.6 Å². The van der Waals surface area contributed by atoms with Gasteiger partial charge in [0.15, 0.2) is 17.3 Å². The van der Waals surface area contributed by atoms with E-state index in [4.69, 9.17) is 28.4 Å². The van der Waals surface area contributed by atoms with E-state index >= 15 is 0 Å². The summed E-state index contributed by atoms with van der Waals surface area (Å²) in [6.45, 7) is 16.1. The van der Waals surface area contributed by atoms with E-state index in [1.54, 1.807) is 19.2 Å². The van der Waals surface area contributed by atoms with Crippen LogP contribution in [0.4, 0.5) is 0 Å². The normalized spacial score (nSPS) is 37.0. The third kappa shape index (κ3) is 5.52. The van der Waals surface area contributed by atoms with Crippen LogP contribution in [0.1, 0.15) is 71.9 Å². The molecular weight excluding hydrogens is 636 g/mol. The number of aliphatic hydroxyl groups is 1. The summed E-state index contributed by atoms with van der Waals surface area (Å²) in [6, 6.07) is 15.3. The molecule has 0 spiro atoms. The van der Waals surface area contributed by atoms with E-state index in [-0.39, 0.29) is 43.0 Å². The Morgan fingerprint density at radius 3 is 2.48 bits per heavy atom. The molecule has 0 aromatic heterocycles. The van der Waals surface area contributed by atoms with Crippen molar-refractivity contribution in [2.24, 2.45) is 23.7 Å². The fourth-order valence-corrected chi connectivity index (χ4v) is 9.57. The van der Waals surface area contributed by atoms with Crippen LogP contribution in [0.3, 0.4) is 0 Å². The van der Waals surface area contributed by atoms with Gasteiger partial charge in [0, 0.05) is 24.2 Å². The number of hydrogen-bond acceptors (Lipinski definition) is 9. The van der Waals surface area contributed by atoms with Gasteiger partial charge in [-0.25, -0.2) is 0 Å². The molecule has 2 saturated carbocycles. The number of carbonyl (C=O) groups is 2. The van der Waals surface area contributed by atoms with E-state index in [0.29, 0.717) is 41.9 Å². The number of ether oxygens (including phenoxy) is 6. The Balaban J connectivity index is 1.21. The largest absolute Gasteiger partial charge is 0.493 e. The second kappa shape index (κ2) is 12.0. The Morgan fingerprint density at radius 2 is 1.80 bits per heavy atom. The summed E-state index contributed by atoms with van der Waals surface area (Å²) in [5.41, 5.74) is -0.724. The predicted molar refractivity (Wildman–Crippen MR) is 185 cm³/mol. The van der Waals surface area contributed by atoms with Gasteiger partial charge in [-0.05, 0) is 80.9 Å². The Hall–Kier alpha value is -3.50. The van der Waals surface area contributed by atoms with Crippen molar-refractivity contribution >= 4 is 11.8 Å². The monoisotopic (exact) mass is 686 g/mol. The molecule has 2 heterocycles. The zero-order chi connectivity index (χ0) is 35.9. The van der Waals surface area contributed by atoms with Crippen LogP contribution in [-0.4, -0.2) is 65.1 Å². The highest BCUT2D eigenvalue weighted by Gasteiger charge is 2.79. The molecular formula is C41H50O9. The number of rotatable bonds is 9. The highest BCUT2D eigenvalue weighted by molar-refractivity contribution is 5.92. The summed E-state index contributed by atoms with van der Waals surface area (Å²) in [7, 11) is 1.56. The average Bonchev–Trinajstić information content (AvgIpc) is 3.35. The van der Waals surface area contributed by atoms with Crippen molar-refractivity contribution < 1.29 is 43.1 Å². The summed E-state index contributed by atoms with van der Waals surface area (Å²) < 4.78 is 38.5. The van der Waals surface area contributed by atoms with Gasteiger partial charge in [-0.15, -0.1) is 0 Å². The summed E-state index contributed by atoms with van der Waals surface area (Å²) in [5, 5.41) is 12.5. The third-order valence-corrected chi connectivity index (χ3v) is 11.6. The number of ketones is 1. The maximum Gasteiger partial charge on any atom is 0.310 e. The van der Waals surface area contributed by atoms with Crippen molar-refractivity contribution in [1.29, 1.82) is 0 Å². The zero-order valence-corrected chi connectivity index (χ0v) is 30.2. The van der Waals surface area contributed by atoms with Crippen molar-refractivity contribution in [1.82, 2.24) is 0 Å². The van der Waals surface area contributed by atoms with Crippen LogP contribution >= 0.6 is 0 Å². The van der Waals surface area contributed by atoms with Gasteiger partial charge in [0.1, 0.15) is 29.5 Å². The summed E-state index contributed by atoms with van der Waals surface area (Å²) in [6.07, 6.45) is 3.03. The molecule has 9 atom stereocenters. The number of benzene rings is 2. The molecule has 7 rings (SSSR count). The third-order valence-electron chi connectivity index (χ3n) is 11.6. The number of esters is 1. The molecule has 0 radical (unpaired) electrons. The molecule has 1 unspecified atom stereocenters. The minimum Gasteiger partial charge on any atom is -0.493 e. The Bertz CT molecular complexity index is 1730. The average molecular weight is 687 g/mol. The van der Waals surface area contributed by atoms with Crippen LogP contribution in [-0.2, 0) is 41.4 Å². The van der Waals surface area contributed by atoms with E-state index < -0.39 is 46.4 Å². The summed E-state index contributed by atoms with van der Waals surface area (Å²) >= 11 is 0. The first-order valence-corrected chi connectivity index (χ1v) is 17.8. The number of carbonyl (C=O) groups excluding carboxylic acids is 2. The Morgan fingerprint density at radius 1 is 1.06 bits per heavy atom. The lowest BCUT2D eigenvalue weighted by Gasteiger charge is -2.59. The maximum absolute atomic E-state index is 13.9. The van der Waals surface area contributed by atoms with Crippen LogP contribution in [0.15, 0.2) is 72.3 Å². The molecule has 2 aromatic carbocycles. The first-order valence-electron chi connectivity index (χ1n) is 17.8. The molecule has 2 saturated heterocycles. The van der Waals surface area contributed by atoms with Crippen LogP contribution in [0.2, 0.25) is 0 Å². The van der Waals surface area contributed by atoms with Crippen molar-refractivity contribution in [2.75, 3.05) is 13.7 Å². The highest BCUT2D eigenvalue weighted by atomic mass is 16.9. The van der Waals surface area contributed by atoms with Gasteiger partial charge in [-0.3, -0.25) is 9.59 Å². The quantitative estimate of drug-likeness (QED) is 0.240. The Kier molecular flexibility index (Phi) is 8.41. The maximum atomic E-state index is 13.9. The van der Waals surface area contributed by atoms with Gasteiger partial charge in [0.2, 0.25) is 0 Å². The van der Waals surface area contributed by atoms with Gasteiger partial charge in [0.25, 0.3) is 5.97 Å². The molecule has 5 aliphatic rings. The van der Waals surface area contributed by atoms with E-state index in [9.17, 15) is 14.7 Å². The van der Waals surface area contributed by atoms with Crippen molar-refractivity contribution in [3.8, 4) is 11.5 Å². The predicted octanol–water partition coefficient (Wildman–Crippen LogP) is 6.30. The van der Waals surface area contributed by atoms with Crippen molar-refractivity contribution in [2.45, 2.75) is 108 Å². The number of hydrogen-bond donors (Lipinski definition) is 1. The van der Waals surface area contributed by atoms with E-state index in [1.165, 1.54) is 0 Å². The van der Waals surface area contributed by atoms with Crippen molar-refractivity contribution in [3.63, 3.8) is 0 Å². The minimum atomic E-state index is -1.70. The van der Waals surface area contributed by atoms with Crippen LogP contribution in [0.25, 0.3) is 0 Å². The van der Waals surface area contributed by atoms with Crippen LogP contribution < -0.4 is 9.47 Å². The van der Waals surface area contributed by atoms with Gasteiger partial charge >= 0.3 is 5.97 Å². The highest BCUT2D eigenvalue weighted by Crippen LogP contribution is 2.69. The first-order chi connectivity index (χ1) is 23.5. The zero-order valence-electron chi connectivity index (χ0n) is 30.2. The van der Waals surface area contributed by atoms with E-state index in [0.717, 1.165) is 11.1 Å².